The molecule has 0 amide bonds. The molecule has 0 heterocycles. The van der Waals surface area contributed by atoms with E-state index in [0.29, 0.717) is 12.3 Å². The largest absolute Gasteiger partial charge is 0.496 e. The van der Waals surface area contributed by atoms with Gasteiger partial charge in [0.25, 0.3) is 0 Å². The van der Waals surface area contributed by atoms with E-state index >= 15 is 0 Å². The lowest BCUT2D eigenvalue weighted by Gasteiger charge is -2.22. The van der Waals surface area contributed by atoms with Crippen LogP contribution in [0.15, 0.2) is 16.6 Å². The number of hydrogen-bond donors (Lipinski definition) is 1. The molecule has 0 saturated carbocycles. The van der Waals surface area contributed by atoms with Crippen LogP contribution in [0.4, 0.5) is 0 Å². The fourth-order valence-corrected chi connectivity index (χ4v) is 2.78. The molecule has 1 rings (SSSR count). The average molecular weight is 329 g/mol. The van der Waals surface area contributed by atoms with E-state index in [1.165, 1.54) is 0 Å². The second-order valence-electron chi connectivity index (χ2n) is 5.71. The van der Waals surface area contributed by atoms with Crippen molar-refractivity contribution in [1.29, 1.82) is 0 Å². The van der Waals surface area contributed by atoms with Gasteiger partial charge in [-0.25, -0.2) is 0 Å². The van der Waals surface area contributed by atoms with Crippen molar-refractivity contribution in [2.24, 2.45) is 5.41 Å². The summed E-state index contributed by atoms with van der Waals surface area (Å²) < 4.78 is 6.40. The van der Waals surface area contributed by atoms with Gasteiger partial charge in [-0.15, -0.1) is 0 Å². The first-order valence-electron chi connectivity index (χ1n) is 6.28. The van der Waals surface area contributed by atoms with Gasteiger partial charge in [0.15, 0.2) is 0 Å². The van der Waals surface area contributed by atoms with Gasteiger partial charge in [0.2, 0.25) is 0 Å². The molecular formula is C15H21BrO3. The molecule has 4 heteroatoms. The second kappa shape index (κ2) is 5.95. The van der Waals surface area contributed by atoms with Gasteiger partial charge in [-0.2, -0.15) is 0 Å². The molecule has 19 heavy (non-hydrogen) atoms. The molecule has 106 valence electrons. The van der Waals surface area contributed by atoms with Gasteiger partial charge >= 0.3 is 5.97 Å². The molecular weight excluding hydrogens is 308 g/mol. The Kier molecular flexibility index (Phi) is 5.02. The molecule has 0 radical (unpaired) electrons. The van der Waals surface area contributed by atoms with E-state index in [2.05, 4.69) is 29.8 Å². The van der Waals surface area contributed by atoms with Gasteiger partial charge in [-0.05, 0) is 49.4 Å². The molecule has 1 N–H and O–H groups in total. The minimum absolute atomic E-state index is 0.379. The lowest BCUT2D eigenvalue weighted by atomic mass is 9.85. The van der Waals surface area contributed by atoms with Gasteiger partial charge in [0.1, 0.15) is 5.75 Å². The van der Waals surface area contributed by atoms with Gasteiger partial charge < -0.3 is 9.84 Å². The van der Waals surface area contributed by atoms with Crippen LogP contribution in [0, 0.1) is 5.41 Å². The summed E-state index contributed by atoms with van der Waals surface area (Å²) in [5.74, 6) is 0.324. The normalized spacial score (nSPS) is 11.7. The Balaban J connectivity index is 3.22. The molecule has 0 aliphatic rings. The Bertz CT molecular complexity index is 479. The van der Waals surface area contributed by atoms with E-state index in [9.17, 15) is 9.90 Å². The van der Waals surface area contributed by atoms with Crippen LogP contribution in [-0.2, 0) is 11.2 Å². The zero-order valence-corrected chi connectivity index (χ0v) is 13.7. The Morgan fingerprint density at radius 2 is 2.00 bits per heavy atom. The third kappa shape index (κ3) is 3.72. The molecule has 0 atom stereocenters. The maximum absolute atomic E-state index is 11.2. The van der Waals surface area contributed by atoms with Crippen molar-refractivity contribution in [1.82, 2.24) is 0 Å². The number of aliphatic carboxylic acids is 1. The summed E-state index contributed by atoms with van der Waals surface area (Å²) in [4.78, 5) is 11.2. The standard InChI is InChI=1S/C15H21BrO3/c1-9(2)11-7-13(19-5)10(6-12(11)16)8-15(3,4)14(17)18/h6-7,9H,8H2,1-5H3,(H,17,18). The Labute approximate surface area is 123 Å². The fraction of sp³-hybridized carbons (Fsp3) is 0.533. The highest BCUT2D eigenvalue weighted by molar-refractivity contribution is 9.10. The van der Waals surface area contributed by atoms with Crippen molar-refractivity contribution in [2.45, 2.75) is 40.0 Å². The van der Waals surface area contributed by atoms with Crippen molar-refractivity contribution < 1.29 is 14.6 Å². The van der Waals surface area contributed by atoms with E-state index in [1.807, 2.05) is 12.1 Å². The highest BCUT2D eigenvalue weighted by Crippen LogP contribution is 2.35. The van der Waals surface area contributed by atoms with Crippen molar-refractivity contribution in [3.63, 3.8) is 0 Å². The van der Waals surface area contributed by atoms with E-state index in [-0.39, 0.29) is 0 Å². The lowest BCUT2D eigenvalue weighted by Crippen LogP contribution is -2.26. The lowest BCUT2D eigenvalue weighted by molar-refractivity contribution is -0.146. The number of benzene rings is 1. The molecule has 0 aliphatic carbocycles. The Hall–Kier alpha value is -1.03. The number of rotatable bonds is 5. The highest BCUT2D eigenvalue weighted by Gasteiger charge is 2.29. The molecule has 0 bridgehead atoms. The summed E-state index contributed by atoms with van der Waals surface area (Å²) >= 11 is 3.55. The highest BCUT2D eigenvalue weighted by atomic mass is 79.9. The monoisotopic (exact) mass is 328 g/mol. The van der Waals surface area contributed by atoms with E-state index < -0.39 is 11.4 Å². The molecule has 0 fully saturated rings. The van der Waals surface area contributed by atoms with E-state index in [1.54, 1.807) is 21.0 Å². The zero-order valence-electron chi connectivity index (χ0n) is 12.1. The topological polar surface area (TPSA) is 46.5 Å². The first-order valence-corrected chi connectivity index (χ1v) is 7.08. The van der Waals surface area contributed by atoms with Crippen molar-refractivity contribution >= 4 is 21.9 Å². The summed E-state index contributed by atoms with van der Waals surface area (Å²) in [6.45, 7) is 7.67. The van der Waals surface area contributed by atoms with Crippen molar-refractivity contribution in [3.8, 4) is 5.75 Å². The van der Waals surface area contributed by atoms with Crippen LogP contribution in [-0.4, -0.2) is 18.2 Å². The van der Waals surface area contributed by atoms with Gasteiger partial charge in [-0.1, -0.05) is 29.8 Å². The minimum atomic E-state index is -0.813. The number of halogens is 1. The molecule has 0 aromatic heterocycles. The molecule has 1 aromatic carbocycles. The fourth-order valence-electron chi connectivity index (χ4n) is 1.93. The van der Waals surface area contributed by atoms with Gasteiger partial charge in [0.05, 0.1) is 12.5 Å². The molecule has 0 unspecified atom stereocenters. The first kappa shape index (κ1) is 16.0. The SMILES string of the molecule is COc1cc(C(C)C)c(Br)cc1CC(C)(C)C(=O)O. The smallest absolute Gasteiger partial charge is 0.309 e. The third-order valence-electron chi connectivity index (χ3n) is 3.23. The van der Waals surface area contributed by atoms with Crippen LogP contribution in [0.2, 0.25) is 0 Å². The van der Waals surface area contributed by atoms with Crippen LogP contribution in [0.3, 0.4) is 0 Å². The summed E-state index contributed by atoms with van der Waals surface area (Å²) in [7, 11) is 1.62. The molecule has 1 aromatic rings. The minimum Gasteiger partial charge on any atom is -0.496 e. The second-order valence-corrected chi connectivity index (χ2v) is 6.56. The average Bonchev–Trinajstić information content (AvgIpc) is 2.28. The third-order valence-corrected chi connectivity index (χ3v) is 3.92. The van der Waals surface area contributed by atoms with E-state index in [0.717, 1.165) is 21.3 Å². The predicted molar refractivity (Wildman–Crippen MR) is 79.9 cm³/mol. The Morgan fingerprint density at radius 3 is 2.42 bits per heavy atom. The van der Waals surface area contributed by atoms with Crippen LogP contribution < -0.4 is 4.74 Å². The van der Waals surface area contributed by atoms with Crippen molar-refractivity contribution in [2.75, 3.05) is 7.11 Å². The van der Waals surface area contributed by atoms with Crippen LogP contribution in [0.1, 0.15) is 44.7 Å². The molecule has 0 aliphatic heterocycles. The number of carboxylic acid groups (broad SMARTS) is 1. The summed E-state index contributed by atoms with van der Waals surface area (Å²) in [6, 6.07) is 3.96. The maximum atomic E-state index is 11.2. The van der Waals surface area contributed by atoms with Crippen LogP contribution >= 0.6 is 15.9 Å². The zero-order chi connectivity index (χ0) is 14.8. The van der Waals surface area contributed by atoms with E-state index in [4.69, 9.17) is 4.74 Å². The Morgan fingerprint density at radius 1 is 1.42 bits per heavy atom. The molecule has 0 saturated heterocycles. The van der Waals surface area contributed by atoms with Crippen LogP contribution in [0.5, 0.6) is 5.75 Å². The number of carbonyl (C=O) groups is 1. The number of hydrogen-bond acceptors (Lipinski definition) is 2. The van der Waals surface area contributed by atoms with Crippen LogP contribution in [0.25, 0.3) is 0 Å². The molecule has 0 spiro atoms. The van der Waals surface area contributed by atoms with Gasteiger partial charge in [0, 0.05) is 4.47 Å². The predicted octanol–water partition coefficient (Wildman–Crippen LogP) is 4.23. The number of ether oxygens (including phenoxy) is 1. The number of methoxy groups -OCH3 is 1. The summed E-state index contributed by atoms with van der Waals surface area (Å²) in [5.41, 5.74) is 1.26. The summed E-state index contributed by atoms with van der Waals surface area (Å²) in [6.07, 6.45) is 0.433. The van der Waals surface area contributed by atoms with Gasteiger partial charge in [-0.3, -0.25) is 4.79 Å². The quantitative estimate of drug-likeness (QED) is 0.879. The summed E-state index contributed by atoms with van der Waals surface area (Å²) in [5, 5.41) is 9.23. The van der Waals surface area contributed by atoms with Crippen molar-refractivity contribution in [3.05, 3.63) is 27.7 Å². The number of carboxylic acids is 1. The first-order chi connectivity index (χ1) is 8.69. The maximum Gasteiger partial charge on any atom is 0.309 e. The molecule has 3 nitrogen and oxygen atoms in total.